The van der Waals surface area contributed by atoms with Gasteiger partial charge in [0.15, 0.2) is 0 Å². The van der Waals surface area contributed by atoms with Crippen molar-refractivity contribution in [3.8, 4) is 0 Å². The Balaban J connectivity index is 1.84. The molecular weight excluding hydrogens is 337 g/mol. The molecule has 0 aliphatic heterocycles. The van der Waals surface area contributed by atoms with Crippen LogP contribution in [0, 0.1) is 0 Å². The summed E-state index contributed by atoms with van der Waals surface area (Å²) in [5.74, 6) is -1.45. The Labute approximate surface area is 145 Å². The molecule has 0 heterocycles. The zero-order chi connectivity index (χ0) is 16.7. The lowest BCUT2D eigenvalue weighted by molar-refractivity contribution is -0.139. The summed E-state index contributed by atoms with van der Waals surface area (Å²) in [6, 6.07) is 5.15. The summed E-state index contributed by atoms with van der Waals surface area (Å²) in [6.07, 6.45) is 7.72. The molecule has 124 valence electrons. The van der Waals surface area contributed by atoms with Crippen molar-refractivity contribution in [2.75, 3.05) is 0 Å². The Bertz CT molecular complexity index is 597. The van der Waals surface area contributed by atoms with E-state index in [0.29, 0.717) is 15.6 Å². The zero-order valence-electron chi connectivity index (χ0n) is 12.6. The summed E-state index contributed by atoms with van der Waals surface area (Å²) >= 11 is 11.9. The summed E-state index contributed by atoms with van der Waals surface area (Å²) in [6.45, 7) is 0. The number of benzene rings is 1. The number of nitrogens with zero attached hydrogens (tertiary/aromatic N) is 1. The van der Waals surface area contributed by atoms with Gasteiger partial charge in [-0.2, -0.15) is 5.10 Å². The van der Waals surface area contributed by atoms with Crippen LogP contribution < -0.4 is 10.7 Å². The maximum atomic E-state index is 11.8. The molecule has 5 nitrogen and oxygen atoms in total. The van der Waals surface area contributed by atoms with Crippen LogP contribution in [0.15, 0.2) is 23.3 Å². The number of hydrogen-bond donors (Lipinski definition) is 2. The molecule has 2 rings (SSSR count). The van der Waals surface area contributed by atoms with Crippen molar-refractivity contribution in [3.63, 3.8) is 0 Å². The normalized spacial score (nSPS) is 16.1. The van der Waals surface area contributed by atoms with Crippen molar-refractivity contribution in [2.24, 2.45) is 5.10 Å². The van der Waals surface area contributed by atoms with E-state index in [9.17, 15) is 9.59 Å². The average molecular weight is 356 g/mol. The minimum absolute atomic E-state index is 0.0714. The second kappa shape index (κ2) is 8.89. The van der Waals surface area contributed by atoms with E-state index in [1.54, 1.807) is 18.2 Å². The van der Waals surface area contributed by atoms with Gasteiger partial charge in [0.05, 0.1) is 16.3 Å². The lowest BCUT2D eigenvalue weighted by Crippen LogP contribution is -2.43. The maximum absolute atomic E-state index is 11.8. The molecule has 0 spiro atoms. The Morgan fingerprint density at radius 2 is 1.78 bits per heavy atom. The van der Waals surface area contributed by atoms with E-state index in [1.807, 2.05) is 0 Å². The molecule has 23 heavy (non-hydrogen) atoms. The Morgan fingerprint density at radius 3 is 2.48 bits per heavy atom. The van der Waals surface area contributed by atoms with Crippen LogP contribution in [0.4, 0.5) is 0 Å². The molecule has 0 radical (unpaired) electrons. The van der Waals surface area contributed by atoms with Crippen LogP contribution in [0.5, 0.6) is 0 Å². The molecule has 1 aromatic carbocycles. The molecule has 0 aromatic heterocycles. The summed E-state index contributed by atoms with van der Waals surface area (Å²) in [5, 5.41) is 7.24. The molecule has 1 aliphatic carbocycles. The zero-order valence-corrected chi connectivity index (χ0v) is 14.2. The first-order valence-electron chi connectivity index (χ1n) is 7.66. The minimum Gasteiger partial charge on any atom is -0.345 e. The fraction of sp³-hybridized carbons (Fsp3) is 0.438. The molecule has 2 N–H and O–H groups in total. The van der Waals surface area contributed by atoms with Crippen molar-refractivity contribution >= 4 is 41.2 Å². The first kappa shape index (κ1) is 17.8. The molecule has 0 atom stereocenters. The highest BCUT2D eigenvalue weighted by Crippen LogP contribution is 2.24. The van der Waals surface area contributed by atoms with Crippen molar-refractivity contribution in [3.05, 3.63) is 33.8 Å². The van der Waals surface area contributed by atoms with Crippen LogP contribution in [0.2, 0.25) is 10.0 Å². The summed E-state index contributed by atoms with van der Waals surface area (Å²) in [5.41, 5.74) is 2.76. The highest BCUT2D eigenvalue weighted by atomic mass is 35.5. The van der Waals surface area contributed by atoms with Crippen LogP contribution in [-0.2, 0) is 9.59 Å². The van der Waals surface area contributed by atoms with Gasteiger partial charge in [0.25, 0.3) is 0 Å². The fourth-order valence-electron chi connectivity index (χ4n) is 2.51. The number of halogens is 2. The predicted octanol–water partition coefficient (Wildman–Crippen LogP) is 3.28. The second-order valence-corrected chi connectivity index (χ2v) is 6.29. The lowest BCUT2D eigenvalue weighted by atomic mass is 10.1. The second-order valence-electron chi connectivity index (χ2n) is 5.50. The van der Waals surface area contributed by atoms with Crippen LogP contribution in [-0.4, -0.2) is 24.1 Å². The van der Waals surface area contributed by atoms with Gasteiger partial charge in [-0.25, -0.2) is 5.43 Å². The molecule has 1 aromatic rings. The van der Waals surface area contributed by atoms with E-state index in [2.05, 4.69) is 15.8 Å². The number of carbonyl (C=O) groups is 2. The third-order valence-electron chi connectivity index (χ3n) is 3.75. The molecular formula is C16H19Cl2N3O2. The van der Waals surface area contributed by atoms with Gasteiger partial charge in [-0.1, -0.05) is 61.0 Å². The predicted molar refractivity (Wildman–Crippen MR) is 91.8 cm³/mol. The highest BCUT2D eigenvalue weighted by Gasteiger charge is 2.19. The Morgan fingerprint density at radius 1 is 1.09 bits per heavy atom. The van der Waals surface area contributed by atoms with E-state index in [4.69, 9.17) is 23.2 Å². The van der Waals surface area contributed by atoms with Crippen LogP contribution in [0.1, 0.15) is 44.1 Å². The number of carbonyl (C=O) groups excluding carboxylic acids is 2. The van der Waals surface area contributed by atoms with Gasteiger partial charge in [0.2, 0.25) is 0 Å². The fourth-order valence-corrected chi connectivity index (χ4v) is 2.86. The summed E-state index contributed by atoms with van der Waals surface area (Å²) in [4.78, 5) is 23.6. The monoisotopic (exact) mass is 355 g/mol. The number of nitrogens with one attached hydrogen (secondary N) is 2. The van der Waals surface area contributed by atoms with Gasteiger partial charge < -0.3 is 5.32 Å². The van der Waals surface area contributed by atoms with Crippen molar-refractivity contribution in [1.29, 1.82) is 0 Å². The van der Waals surface area contributed by atoms with Gasteiger partial charge in [-0.05, 0) is 18.9 Å². The summed E-state index contributed by atoms with van der Waals surface area (Å²) < 4.78 is 0. The van der Waals surface area contributed by atoms with Gasteiger partial charge in [-0.3, -0.25) is 9.59 Å². The first-order chi connectivity index (χ1) is 11.1. The van der Waals surface area contributed by atoms with E-state index in [0.717, 1.165) is 25.7 Å². The molecule has 7 heteroatoms. The number of hydrazone groups is 1. The van der Waals surface area contributed by atoms with Crippen molar-refractivity contribution in [2.45, 2.75) is 44.6 Å². The third-order valence-corrected chi connectivity index (χ3v) is 4.58. The standard InChI is InChI=1S/C16H19Cl2N3O2/c17-13-9-5-6-11(14(13)18)10-19-21-16(23)15(22)20-12-7-3-1-2-4-8-12/h5-6,9-10,12H,1-4,7-8H2,(H,20,22)(H,21,23)/b19-10-. The molecule has 0 bridgehead atoms. The van der Waals surface area contributed by atoms with Crippen LogP contribution >= 0.6 is 23.2 Å². The topological polar surface area (TPSA) is 70.6 Å². The Hall–Kier alpha value is -1.59. The molecule has 0 saturated heterocycles. The maximum Gasteiger partial charge on any atom is 0.329 e. The third kappa shape index (κ3) is 5.52. The largest absolute Gasteiger partial charge is 0.345 e. The van der Waals surface area contributed by atoms with E-state index >= 15 is 0 Å². The van der Waals surface area contributed by atoms with E-state index < -0.39 is 11.8 Å². The van der Waals surface area contributed by atoms with E-state index in [1.165, 1.54) is 19.1 Å². The quantitative estimate of drug-likeness (QED) is 0.378. The number of amides is 2. The smallest absolute Gasteiger partial charge is 0.329 e. The summed E-state index contributed by atoms with van der Waals surface area (Å²) in [7, 11) is 0. The van der Waals surface area contributed by atoms with Gasteiger partial charge in [0.1, 0.15) is 0 Å². The SMILES string of the molecule is O=C(N/N=C\c1cccc(Cl)c1Cl)C(=O)NC1CCCCCC1. The molecule has 1 fully saturated rings. The molecule has 1 aliphatic rings. The minimum atomic E-state index is -0.788. The Kier molecular flexibility index (Phi) is 6.86. The molecule has 1 saturated carbocycles. The van der Waals surface area contributed by atoms with Crippen molar-refractivity contribution in [1.82, 2.24) is 10.7 Å². The molecule has 2 amide bonds. The van der Waals surface area contributed by atoms with Crippen molar-refractivity contribution < 1.29 is 9.59 Å². The van der Waals surface area contributed by atoms with Gasteiger partial charge in [-0.15, -0.1) is 0 Å². The van der Waals surface area contributed by atoms with E-state index in [-0.39, 0.29) is 6.04 Å². The average Bonchev–Trinajstić information content (AvgIpc) is 2.80. The van der Waals surface area contributed by atoms with Gasteiger partial charge in [0, 0.05) is 11.6 Å². The van der Waals surface area contributed by atoms with Crippen LogP contribution in [0.25, 0.3) is 0 Å². The number of rotatable bonds is 3. The van der Waals surface area contributed by atoms with Gasteiger partial charge >= 0.3 is 11.8 Å². The molecule has 0 unspecified atom stereocenters. The highest BCUT2D eigenvalue weighted by molar-refractivity contribution is 6.43. The lowest BCUT2D eigenvalue weighted by Gasteiger charge is -2.15. The van der Waals surface area contributed by atoms with Crippen LogP contribution in [0.3, 0.4) is 0 Å². The first-order valence-corrected chi connectivity index (χ1v) is 8.41. The number of hydrogen-bond acceptors (Lipinski definition) is 3.